The van der Waals surface area contributed by atoms with Crippen molar-refractivity contribution >= 4 is 37.8 Å². The van der Waals surface area contributed by atoms with Crippen molar-refractivity contribution in [2.24, 2.45) is 5.92 Å². The van der Waals surface area contributed by atoms with Gasteiger partial charge < -0.3 is 10.4 Å². The molecular formula is C13H15Br2NO2. The van der Waals surface area contributed by atoms with Gasteiger partial charge in [0.2, 0.25) is 0 Å². The molecule has 1 aromatic rings. The fourth-order valence-electron chi connectivity index (χ4n) is 2.35. The minimum Gasteiger partial charge on any atom is -0.507 e. The molecule has 5 heteroatoms. The maximum Gasteiger partial charge on any atom is 0.255 e. The zero-order valence-electron chi connectivity index (χ0n) is 9.83. The molecule has 2 unspecified atom stereocenters. The van der Waals surface area contributed by atoms with Crippen LogP contribution in [-0.2, 0) is 0 Å². The first-order valence-electron chi connectivity index (χ1n) is 5.97. The third-order valence-corrected chi connectivity index (χ3v) is 4.70. The van der Waals surface area contributed by atoms with Gasteiger partial charge >= 0.3 is 0 Å². The first-order valence-corrected chi connectivity index (χ1v) is 7.88. The molecular weight excluding hydrogens is 362 g/mol. The van der Waals surface area contributed by atoms with Crippen LogP contribution in [0.2, 0.25) is 0 Å². The van der Waals surface area contributed by atoms with Gasteiger partial charge in [-0.05, 0) is 37.0 Å². The molecule has 0 bridgehead atoms. The largest absolute Gasteiger partial charge is 0.507 e. The maximum atomic E-state index is 12.1. The summed E-state index contributed by atoms with van der Waals surface area (Å²) in [6.45, 7) is 0. The molecule has 0 radical (unpaired) electrons. The minimum absolute atomic E-state index is 0.0177. The van der Waals surface area contributed by atoms with E-state index in [-0.39, 0.29) is 17.7 Å². The van der Waals surface area contributed by atoms with Gasteiger partial charge in [0, 0.05) is 15.8 Å². The molecule has 1 amide bonds. The molecule has 98 valence electrons. The van der Waals surface area contributed by atoms with Crippen LogP contribution in [0, 0.1) is 5.92 Å². The average molecular weight is 377 g/mol. The molecule has 0 heterocycles. The lowest BCUT2D eigenvalue weighted by molar-refractivity contribution is 0.0927. The molecule has 0 aliphatic heterocycles. The fraction of sp³-hybridized carbons (Fsp3) is 0.462. The van der Waals surface area contributed by atoms with E-state index in [0.717, 1.165) is 29.1 Å². The molecule has 1 aliphatic carbocycles. The summed E-state index contributed by atoms with van der Waals surface area (Å²) in [6.07, 6.45) is 3.29. The van der Waals surface area contributed by atoms with Crippen LogP contribution < -0.4 is 5.32 Å². The van der Waals surface area contributed by atoms with Crippen LogP contribution >= 0.6 is 31.9 Å². The molecule has 1 aromatic carbocycles. The van der Waals surface area contributed by atoms with Gasteiger partial charge in [-0.1, -0.05) is 38.3 Å². The molecule has 1 fully saturated rings. The van der Waals surface area contributed by atoms with E-state index in [0.29, 0.717) is 11.5 Å². The number of alkyl halides is 1. The summed E-state index contributed by atoms with van der Waals surface area (Å²) < 4.78 is 0.786. The lowest BCUT2D eigenvalue weighted by Gasteiger charge is -2.19. The van der Waals surface area contributed by atoms with Crippen LogP contribution in [0.1, 0.15) is 29.6 Å². The van der Waals surface area contributed by atoms with Crippen molar-refractivity contribution in [1.29, 1.82) is 0 Å². The average Bonchev–Trinajstić information content (AvgIpc) is 2.79. The van der Waals surface area contributed by atoms with Crippen molar-refractivity contribution in [2.75, 3.05) is 5.33 Å². The number of benzene rings is 1. The molecule has 3 nitrogen and oxygen atoms in total. The lowest BCUT2D eigenvalue weighted by atomic mass is 10.1. The van der Waals surface area contributed by atoms with E-state index in [1.54, 1.807) is 12.1 Å². The van der Waals surface area contributed by atoms with E-state index in [4.69, 9.17) is 0 Å². The molecule has 2 rings (SSSR count). The van der Waals surface area contributed by atoms with Crippen LogP contribution in [0.4, 0.5) is 0 Å². The highest BCUT2D eigenvalue weighted by atomic mass is 79.9. The van der Waals surface area contributed by atoms with Crippen molar-refractivity contribution in [3.8, 4) is 5.75 Å². The van der Waals surface area contributed by atoms with E-state index in [2.05, 4.69) is 37.2 Å². The Kier molecular flexibility index (Phi) is 4.67. The van der Waals surface area contributed by atoms with E-state index < -0.39 is 0 Å². The number of carbonyl (C=O) groups is 1. The number of halogens is 2. The van der Waals surface area contributed by atoms with Crippen LogP contribution in [0.15, 0.2) is 22.7 Å². The third kappa shape index (κ3) is 3.06. The SMILES string of the molecule is O=C(NC1CCCC1CBr)c1cc(Br)ccc1O. The molecule has 18 heavy (non-hydrogen) atoms. The van der Waals surface area contributed by atoms with Crippen LogP contribution in [0.3, 0.4) is 0 Å². The molecule has 1 saturated carbocycles. The van der Waals surface area contributed by atoms with Crippen molar-refractivity contribution < 1.29 is 9.90 Å². The van der Waals surface area contributed by atoms with E-state index in [1.807, 2.05) is 0 Å². The number of carbonyl (C=O) groups excluding carboxylic acids is 1. The number of amides is 1. The summed E-state index contributed by atoms with van der Waals surface area (Å²) in [4.78, 5) is 12.1. The Labute approximate surface area is 123 Å². The quantitative estimate of drug-likeness (QED) is 0.793. The molecule has 0 saturated heterocycles. The zero-order chi connectivity index (χ0) is 13.1. The standard InChI is InChI=1S/C13H15Br2NO2/c14-7-8-2-1-3-11(8)16-13(18)10-6-9(15)4-5-12(10)17/h4-6,8,11,17H,1-3,7H2,(H,16,18). The Morgan fingerprint density at radius 3 is 2.94 bits per heavy atom. The Morgan fingerprint density at radius 1 is 1.44 bits per heavy atom. The highest BCUT2D eigenvalue weighted by Gasteiger charge is 2.28. The predicted molar refractivity (Wildman–Crippen MR) is 78.2 cm³/mol. The van der Waals surface area contributed by atoms with Crippen LogP contribution in [0.5, 0.6) is 5.75 Å². The van der Waals surface area contributed by atoms with Gasteiger partial charge in [0.15, 0.2) is 0 Å². The summed E-state index contributed by atoms with van der Waals surface area (Å²) in [5, 5.41) is 13.6. The molecule has 2 N–H and O–H groups in total. The number of rotatable bonds is 3. The highest BCUT2D eigenvalue weighted by molar-refractivity contribution is 9.10. The zero-order valence-corrected chi connectivity index (χ0v) is 13.0. The summed E-state index contributed by atoms with van der Waals surface area (Å²) in [5.74, 6) is 0.305. The minimum atomic E-state index is -0.202. The molecule has 1 aliphatic rings. The third-order valence-electron chi connectivity index (χ3n) is 3.38. The summed E-state index contributed by atoms with van der Waals surface area (Å²) in [7, 11) is 0. The predicted octanol–water partition coefficient (Wildman–Crippen LogP) is 3.45. The molecule has 0 spiro atoms. The van der Waals surface area contributed by atoms with Gasteiger partial charge in [0.05, 0.1) is 5.56 Å². The van der Waals surface area contributed by atoms with Gasteiger partial charge in [-0.3, -0.25) is 4.79 Å². The number of nitrogens with one attached hydrogen (secondary N) is 1. The number of hydrogen-bond acceptors (Lipinski definition) is 2. The maximum absolute atomic E-state index is 12.1. The second-order valence-corrected chi connectivity index (χ2v) is 6.15. The first-order chi connectivity index (χ1) is 8.61. The Hall–Kier alpha value is -0.550. The normalized spacial score (nSPS) is 23.0. The second-order valence-electron chi connectivity index (χ2n) is 4.59. The second kappa shape index (κ2) is 6.06. The fourth-order valence-corrected chi connectivity index (χ4v) is 3.48. The van der Waals surface area contributed by atoms with Gasteiger partial charge in [0.1, 0.15) is 5.75 Å². The highest BCUT2D eigenvalue weighted by Crippen LogP contribution is 2.28. The number of aromatic hydroxyl groups is 1. The number of phenols is 1. The summed E-state index contributed by atoms with van der Waals surface area (Å²) in [5.41, 5.74) is 0.324. The van der Waals surface area contributed by atoms with Crippen molar-refractivity contribution in [1.82, 2.24) is 5.32 Å². The lowest BCUT2D eigenvalue weighted by Crippen LogP contribution is -2.37. The molecule has 2 atom stereocenters. The number of phenolic OH excluding ortho intramolecular Hbond substituents is 1. The van der Waals surface area contributed by atoms with Crippen LogP contribution in [0.25, 0.3) is 0 Å². The Morgan fingerprint density at radius 2 is 2.22 bits per heavy atom. The van der Waals surface area contributed by atoms with Gasteiger partial charge in [-0.25, -0.2) is 0 Å². The monoisotopic (exact) mass is 375 g/mol. The van der Waals surface area contributed by atoms with Crippen molar-refractivity contribution in [3.63, 3.8) is 0 Å². The van der Waals surface area contributed by atoms with Crippen molar-refractivity contribution in [2.45, 2.75) is 25.3 Å². The van der Waals surface area contributed by atoms with Crippen LogP contribution in [-0.4, -0.2) is 22.4 Å². The van der Waals surface area contributed by atoms with Gasteiger partial charge in [-0.2, -0.15) is 0 Å². The smallest absolute Gasteiger partial charge is 0.255 e. The van der Waals surface area contributed by atoms with E-state index in [1.165, 1.54) is 6.07 Å². The van der Waals surface area contributed by atoms with Gasteiger partial charge in [0.25, 0.3) is 5.91 Å². The first kappa shape index (κ1) is 13.9. The van der Waals surface area contributed by atoms with Crippen molar-refractivity contribution in [3.05, 3.63) is 28.2 Å². The Balaban J connectivity index is 2.09. The Bertz CT molecular complexity index is 451. The summed E-state index contributed by atoms with van der Waals surface area (Å²) >= 11 is 6.78. The topological polar surface area (TPSA) is 49.3 Å². The van der Waals surface area contributed by atoms with E-state index in [9.17, 15) is 9.90 Å². The van der Waals surface area contributed by atoms with Gasteiger partial charge in [-0.15, -0.1) is 0 Å². The summed E-state index contributed by atoms with van der Waals surface area (Å²) in [6, 6.07) is 5.08. The number of hydrogen-bond donors (Lipinski definition) is 2. The molecule has 0 aromatic heterocycles. The van der Waals surface area contributed by atoms with E-state index >= 15 is 0 Å².